The molecule has 0 unspecified atom stereocenters. The van der Waals surface area contributed by atoms with E-state index in [1.54, 1.807) is 0 Å². The van der Waals surface area contributed by atoms with Crippen LogP contribution in [0.5, 0.6) is 0 Å². The number of fused-ring (bicyclic) bond motifs is 2. The van der Waals surface area contributed by atoms with Crippen LogP contribution in [-0.2, 0) is 7.05 Å². The van der Waals surface area contributed by atoms with Gasteiger partial charge in [0.2, 0.25) is 0 Å². The maximum absolute atomic E-state index is 5.08. The Hall–Kier alpha value is -4.56. The van der Waals surface area contributed by atoms with Gasteiger partial charge in [-0.25, -0.2) is 9.50 Å². The van der Waals surface area contributed by atoms with E-state index in [2.05, 4.69) is 52.5 Å². The molecule has 0 spiro atoms. The van der Waals surface area contributed by atoms with Gasteiger partial charge in [0, 0.05) is 67.8 Å². The van der Waals surface area contributed by atoms with Crippen LogP contribution in [0.2, 0.25) is 0 Å². The van der Waals surface area contributed by atoms with E-state index in [1.165, 1.54) is 5.69 Å². The van der Waals surface area contributed by atoms with E-state index < -0.39 is 0 Å². The van der Waals surface area contributed by atoms with Crippen molar-refractivity contribution in [3.63, 3.8) is 0 Å². The third kappa shape index (κ3) is 3.72. The predicted octanol–water partition coefficient (Wildman–Crippen LogP) is 4.73. The van der Waals surface area contributed by atoms with Gasteiger partial charge >= 0.3 is 0 Å². The van der Waals surface area contributed by atoms with Crippen LogP contribution >= 0.6 is 0 Å². The summed E-state index contributed by atoms with van der Waals surface area (Å²) in [5.74, 6) is 0. The van der Waals surface area contributed by atoms with E-state index in [0.717, 1.165) is 82.1 Å². The van der Waals surface area contributed by atoms with Gasteiger partial charge in [-0.15, -0.1) is 0 Å². The second-order valence-corrected chi connectivity index (χ2v) is 9.75. The first-order chi connectivity index (χ1) is 18.7. The number of nitrogens with zero attached hydrogens (tertiary/aromatic N) is 7. The zero-order chi connectivity index (χ0) is 25.6. The second-order valence-electron chi connectivity index (χ2n) is 9.75. The van der Waals surface area contributed by atoms with Crippen molar-refractivity contribution >= 4 is 22.2 Å². The smallest absolute Gasteiger partial charge is 0.164 e. The number of benzene rings is 2. The zero-order valence-electron chi connectivity index (χ0n) is 21.5. The highest BCUT2D eigenvalue weighted by atomic mass is 15.3. The van der Waals surface area contributed by atoms with E-state index in [0.29, 0.717) is 0 Å². The van der Waals surface area contributed by atoms with Crippen molar-refractivity contribution in [2.45, 2.75) is 6.92 Å². The molecule has 188 valence electrons. The van der Waals surface area contributed by atoms with Crippen LogP contribution in [0, 0.1) is 6.92 Å². The molecule has 1 N–H and O–H groups in total. The van der Waals surface area contributed by atoms with Crippen molar-refractivity contribution in [2.75, 3.05) is 31.1 Å². The molecule has 1 aliphatic rings. The molecule has 4 aromatic heterocycles. The summed E-state index contributed by atoms with van der Waals surface area (Å²) in [4.78, 5) is 11.9. The van der Waals surface area contributed by atoms with Crippen LogP contribution < -0.4 is 10.2 Å². The van der Waals surface area contributed by atoms with Crippen molar-refractivity contribution in [3.05, 3.63) is 84.9 Å². The Morgan fingerprint density at radius 1 is 0.842 bits per heavy atom. The molecule has 8 heteroatoms. The lowest BCUT2D eigenvalue weighted by Crippen LogP contribution is -2.43. The summed E-state index contributed by atoms with van der Waals surface area (Å²) >= 11 is 0. The van der Waals surface area contributed by atoms with Crippen molar-refractivity contribution in [3.8, 4) is 33.6 Å². The highest BCUT2D eigenvalue weighted by Gasteiger charge is 2.22. The molecular formula is C30H28N8. The number of rotatable bonds is 4. The first-order valence-electron chi connectivity index (χ1n) is 13.0. The van der Waals surface area contributed by atoms with Gasteiger partial charge in [-0.3, -0.25) is 9.67 Å². The molecule has 1 fully saturated rings. The fourth-order valence-electron chi connectivity index (χ4n) is 5.52. The number of para-hydroxylation sites is 1. The number of piperazine rings is 1. The summed E-state index contributed by atoms with van der Waals surface area (Å²) in [6.45, 7) is 6.14. The number of nitrogens with one attached hydrogen (secondary N) is 1. The lowest BCUT2D eigenvalue weighted by Gasteiger charge is -2.29. The second kappa shape index (κ2) is 9.08. The topological polar surface area (TPSA) is 76.2 Å². The van der Waals surface area contributed by atoms with Crippen molar-refractivity contribution in [1.29, 1.82) is 0 Å². The third-order valence-electron chi connectivity index (χ3n) is 7.36. The van der Waals surface area contributed by atoms with Crippen LogP contribution in [0.15, 0.2) is 79.3 Å². The molecule has 7 rings (SSSR count). The van der Waals surface area contributed by atoms with Gasteiger partial charge in [0.05, 0.1) is 34.4 Å². The van der Waals surface area contributed by atoms with Crippen molar-refractivity contribution < 1.29 is 0 Å². The fourth-order valence-corrected chi connectivity index (χ4v) is 5.52. The van der Waals surface area contributed by atoms with Gasteiger partial charge in [0.15, 0.2) is 5.65 Å². The van der Waals surface area contributed by atoms with Crippen molar-refractivity contribution in [1.82, 2.24) is 34.7 Å². The summed E-state index contributed by atoms with van der Waals surface area (Å²) in [5, 5.41) is 14.4. The summed E-state index contributed by atoms with van der Waals surface area (Å²) in [6, 6.07) is 21.1. The first-order valence-corrected chi connectivity index (χ1v) is 13.0. The van der Waals surface area contributed by atoms with Gasteiger partial charge < -0.3 is 10.2 Å². The summed E-state index contributed by atoms with van der Waals surface area (Å²) in [6.07, 6.45) is 5.73. The molecule has 1 aliphatic heterocycles. The Labute approximate surface area is 220 Å². The average Bonchev–Trinajstić information content (AvgIpc) is 3.58. The standard InChI is InChI=1S/C30H28N8/c1-20-28(21-7-9-22(10-8-21)37-17-14-31-15-18-37)29(26-12-16-36(2)35-26)30-33-19-27(38(30)34-20)24-11-13-32-25-6-4-3-5-23(24)25/h3-13,16,19,31H,14-15,17-18H2,1-2H3. The Morgan fingerprint density at radius 3 is 2.45 bits per heavy atom. The predicted molar refractivity (Wildman–Crippen MR) is 151 cm³/mol. The van der Waals surface area contributed by atoms with Crippen LogP contribution in [0.25, 0.3) is 50.2 Å². The molecule has 38 heavy (non-hydrogen) atoms. The van der Waals surface area contributed by atoms with Crippen LogP contribution in [-0.4, -0.2) is 55.5 Å². The summed E-state index contributed by atoms with van der Waals surface area (Å²) < 4.78 is 3.79. The monoisotopic (exact) mass is 500 g/mol. The maximum atomic E-state index is 5.08. The number of pyridine rings is 1. The minimum Gasteiger partial charge on any atom is -0.369 e. The minimum atomic E-state index is 0.784. The van der Waals surface area contributed by atoms with E-state index in [4.69, 9.17) is 15.2 Å². The molecule has 0 saturated carbocycles. The van der Waals surface area contributed by atoms with Gasteiger partial charge in [-0.05, 0) is 42.8 Å². The minimum absolute atomic E-state index is 0.784. The van der Waals surface area contributed by atoms with E-state index in [1.807, 2.05) is 65.2 Å². The fraction of sp³-hybridized carbons (Fsp3) is 0.200. The lowest BCUT2D eigenvalue weighted by molar-refractivity contribution is 0.589. The Morgan fingerprint density at radius 2 is 1.66 bits per heavy atom. The summed E-state index contributed by atoms with van der Waals surface area (Å²) in [5.41, 5.74) is 9.90. The molecular weight excluding hydrogens is 472 g/mol. The lowest BCUT2D eigenvalue weighted by atomic mass is 9.97. The first kappa shape index (κ1) is 22.6. The van der Waals surface area contributed by atoms with E-state index in [-0.39, 0.29) is 0 Å². The van der Waals surface area contributed by atoms with Gasteiger partial charge in [0.1, 0.15) is 0 Å². The molecule has 5 heterocycles. The van der Waals surface area contributed by atoms with Crippen LogP contribution in [0.1, 0.15) is 5.69 Å². The molecule has 8 nitrogen and oxygen atoms in total. The van der Waals surface area contributed by atoms with Crippen molar-refractivity contribution in [2.24, 2.45) is 7.05 Å². The molecule has 2 aromatic carbocycles. The number of imidazole rings is 1. The Kier molecular flexibility index (Phi) is 5.40. The Bertz CT molecular complexity index is 1770. The van der Waals surface area contributed by atoms with Crippen LogP contribution in [0.4, 0.5) is 5.69 Å². The molecule has 0 bridgehead atoms. The molecule has 0 radical (unpaired) electrons. The summed E-state index contributed by atoms with van der Waals surface area (Å²) in [7, 11) is 1.94. The van der Waals surface area contributed by atoms with E-state index in [9.17, 15) is 0 Å². The number of aromatic nitrogens is 6. The molecule has 0 aliphatic carbocycles. The SMILES string of the molecule is Cc1nn2c(-c3ccnc4ccccc34)cnc2c(-c2ccn(C)n2)c1-c1ccc(N2CCNCC2)cc1. The van der Waals surface area contributed by atoms with Gasteiger partial charge in [-0.2, -0.15) is 10.2 Å². The quantitative estimate of drug-likeness (QED) is 0.377. The Balaban J connectivity index is 1.43. The number of anilines is 1. The van der Waals surface area contributed by atoms with Gasteiger partial charge in [-0.1, -0.05) is 30.3 Å². The van der Waals surface area contributed by atoms with E-state index >= 15 is 0 Å². The normalized spacial score (nSPS) is 14.0. The zero-order valence-corrected chi connectivity index (χ0v) is 21.5. The van der Waals surface area contributed by atoms with Gasteiger partial charge in [0.25, 0.3) is 0 Å². The van der Waals surface area contributed by atoms with Crippen LogP contribution in [0.3, 0.4) is 0 Å². The largest absolute Gasteiger partial charge is 0.369 e. The molecule has 6 aromatic rings. The average molecular weight is 501 g/mol. The molecule has 0 atom stereocenters. The third-order valence-corrected chi connectivity index (χ3v) is 7.36. The highest BCUT2D eigenvalue weighted by molar-refractivity contribution is 5.96. The highest BCUT2D eigenvalue weighted by Crippen LogP contribution is 2.38. The molecule has 1 saturated heterocycles. The number of hydrogen-bond acceptors (Lipinski definition) is 6. The number of hydrogen-bond donors (Lipinski definition) is 1. The molecule has 0 amide bonds. The maximum Gasteiger partial charge on any atom is 0.164 e. The number of aryl methyl sites for hydroxylation is 2.